The standard InChI is InChI=1S/C19H29N3O3S/c23-19(17-20-11-7-2-1-3-8-12-20)21-13-15-22(16-14-21)26(24,25)18-9-5-4-6-10-18/h4-6,9-10H,1-3,7-8,11-17H2. The lowest BCUT2D eigenvalue weighted by atomic mass is 10.1. The summed E-state index contributed by atoms with van der Waals surface area (Å²) in [6.07, 6.45) is 6.13. The van der Waals surface area contributed by atoms with Crippen LogP contribution in [0.5, 0.6) is 0 Å². The second-order valence-corrected chi connectivity index (χ2v) is 9.08. The van der Waals surface area contributed by atoms with Crippen molar-refractivity contribution in [2.45, 2.75) is 37.0 Å². The number of amides is 1. The highest BCUT2D eigenvalue weighted by Crippen LogP contribution is 2.17. The van der Waals surface area contributed by atoms with Gasteiger partial charge in [-0.2, -0.15) is 4.31 Å². The van der Waals surface area contributed by atoms with Crippen LogP contribution in [0.25, 0.3) is 0 Å². The molecular formula is C19H29N3O3S. The quantitative estimate of drug-likeness (QED) is 0.800. The molecule has 3 rings (SSSR count). The molecule has 1 aromatic carbocycles. The van der Waals surface area contributed by atoms with Gasteiger partial charge >= 0.3 is 0 Å². The van der Waals surface area contributed by atoms with E-state index < -0.39 is 10.0 Å². The second kappa shape index (κ2) is 8.97. The summed E-state index contributed by atoms with van der Waals surface area (Å²) in [6, 6.07) is 8.51. The highest BCUT2D eigenvalue weighted by Gasteiger charge is 2.30. The molecule has 26 heavy (non-hydrogen) atoms. The molecule has 0 aliphatic carbocycles. The highest BCUT2D eigenvalue weighted by molar-refractivity contribution is 7.89. The minimum absolute atomic E-state index is 0.127. The number of carbonyl (C=O) groups is 1. The van der Waals surface area contributed by atoms with Gasteiger partial charge in [-0.05, 0) is 38.1 Å². The van der Waals surface area contributed by atoms with E-state index in [1.165, 1.54) is 23.6 Å². The van der Waals surface area contributed by atoms with E-state index in [9.17, 15) is 13.2 Å². The zero-order chi connectivity index (χ0) is 18.4. The summed E-state index contributed by atoms with van der Waals surface area (Å²) in [5, 5.41) is 0. The molecule has 0 atom stereocenters. The first kappa shape index (κ1) is 19.3. The number of benzene rings is 1. The van der Waals surface area contributed by atoms with Gasteiger partial charge in [0.05, 0.1) is 11.4 Å². The van der Waals surface area contributed by atoms with Gasteiger partial charge < -0.3 is 4.90 Å². The van der Waals surface area contributed by atoms with Crippen LogP contribution in [-0.2, 0) is 14.8 Å². The van der Waals surface area contributed by atoms with Crippen LogP contribution in [0.3, 0.4) is 0 Å². The molecule has 6 nitrogen and oxygen atoms in total. The van der Waals surface area contributed by atoms with Gasteiger partial charge in [-0.25, -0.2) is 8.42 Å². The van der Waals surface area contributed by atoms with Crippen molar-refractivity contribution in [2.75, 3.05) is 45.8 Å². The van der Waals surface area contributed by atoms with Gasteiger partial charge in [0.1, 0.15) is 0 Å². The molecule has 1 aromatic rings. The van der Waals surface area contributed by atoms with Gasteiger partial charge in [0.25, 0.3) is 0 Å². The number of sulfonamides is 1. The minimum Gasteiger partial charge on any atom is -0.339 e. The largest absolute Gasteiger partial charge is 0.339 e. The molecule has 0 unspecified atom stereocenters. The van der Waals surface area contributed by atoms with Gasteiger partial charge in [0, 0.05) is 26.2 Å². The van der Waals surface area contributed by atoms with E-state index >= 15 is 0 Å². The fourth-order valence-corrected chi connectivity index (χ4v) is 5.12. The Labute approximate surface area is 156 Å². The molecule has 0 saturated carbocycles. The van der Waals surface area contributed by atoms with Crippen molar-refractivity contribution >= 4 is 15.9 Å². The predicted molar refractivity (Wildman–Crippen MR) is 101 cm³/mol. The first-order chi connectivity index (χ1) is 12.6. The molecule has 0 spiro atoms. The predicted octanol–water partition coefficient (Wildman–Crippen LogP) is 1.79. The number of hydrogen-bond acceptors (Lipinski definition) is 4. The summed E-state index contributed by atoms with van der Waals surface area (Å²) in [7, 11) is -3.46. The van der Waals surface area contributed by atoms with E-state index in [2.05, 4.69) is 4.90 Å². The van der Waals surface area contributed by atoms with Crippen LogP contribution < -0.4 is 0 Å². The maximum absolute atomic E-state index is 12.7. The Balaban J connectivity index is 1.52. The lowest BCUT2D eigenvalue weighted by Gasteiger charge is -2.35. The van der Waals surface area contributed by atoms with Crippen molar-refractivity contribution < 1.29 is 13.2 Å². The van der Waals surface area contributed by atoms with Crippen LogP contribution in [0.2, 0.25) is 0 Å². The van der Waals surface area contributed by atoms with Gasteiger partial charge in [0.2, 0.25) is 15.9 Å². The third-order valence-electron chi connectivity index (χ3n) is 5.28. The molecule has 2 heterocycles. The molecule has 2 aliphatic heterocycles. The van der Waals surface area contributed by atoms with E-state index in [-0.39, 0.29) is 5.91 Å². The lowest BCUT2D eigenvalue weighted by molar-refractivity contribution is -0.133. The molecule has 0 aromatic heterocycles. The number of nitrogens with zero attached hydrogens (tertiary/aromatic N) is 3. The molecule has 0 N–H and O–H groups in total. The minimum atomic E-state index is -3.46. The lowest BCUT2D eigenvalue weighted by Crippen LogP contribution is -2.52. The third kappa shape index (κ3) is 4.84. The Morgan fingerprint density at radius 1 is 0.808 bits per heavy atom. The van der Waals surface area contributed by atoms with Crippen molar-refractivity contribution in [1.29, 1.82) is 0 Å². The van der Waals surface area contributed by atoms with E-state index in [4.69, 9.17) is 0 Å². The number of likely N-dealkylation sites (tertiary alicyclic amines) is 1. The van der Waals surface area contributed by atoms with E-state index in [1.807, 2.05) is 4.90 Å². The number of piperazine rings is 1. The van der Waals surface area contributed by atoms with E-state index in [1.54, 1.807) is 30.3 Å². The highest BCUT2D eigenvalue weighted by atomic mass is 32.2. The van der Waals surface area contributed by atoms with Gasteiger partial charge in [-0.3, -0.25) is 9.69 Å². The Morgan fingerprint density at radius 3 is 2.00 bits per heavy atom. The summed E-state index contributed by atoms with van der Waals surface area (Å²) in [6.45, 7) is 4.12. The average Bonchev–Trinajstić information content (AvgIpc) is 2.64. The summed E-state index contributed by atoms with van der Waals surface area (Å²) in [5.41, 5.74) is 0. The average molecular weight is 380 g/mol. The van der Waals surface area contributed by atoms with E-state index in [0.29, 0.717) is 37.6 Å². The molecule has 1 amide bonds. The first-order valence-corrected chi connectivity index (χ1v) is 11.1. The smallest absolute Gasteiger partial charge is 0.243 e. The molecule has 2 fully saturated rings. The van der Waals surface area contributed by atoms with Crippen LogP contribution >= 0.6 is 0 Å². The van der Waals surface area contributed by atoms with Gasteiger partial charge in [0.15, 0.2) is 0 Å². The molecular weight excluding hydrogens is 350 g/mol. The topological polar surface area (TPSA) is 60.9 Å². The molecule has 2 saturated heterocycles. The second-order valence-electron chi connectivity index (χ2n) is 7.14. The number of carbonyl (C=O) groups excluding carboxylic acids is 1. The number of rotatable bonds is 4. The monoisotopic (exact) mass is 379 g/mol. The Kier molecular flexibility index (Phi) is 6.67. The first-order valence-electron chi connectivity index (χ1n) is 9.63. The summed E-state index contributed by atoms with van der Waals surface area (Å²) >= 11 is 0. The van der Waals surface area contributed by atoms with Crippen LogP contribution in [-0.4, -0.2) is 74.2 Å². The van der Waals surface area contributed by atoms with Crippen molar-refractivity contribution in [3.8, 4) is 0 Å². The number of hydrogen-bond donors (Lipinski definition) is 0. The van der Waals surface area contributed by atoms with Gasteiger partial charge in [-0.15, -0.1) is 0 Å². The van der Waals surface area contributed by atoms with Crippen molar-refractivity contribution in [2.24, 2.45) is 0 Å². The van der Waals surface area contributed by atoms with Crippen LogP contribution in [0.4, 0.5) is 0 Å². The maximum Gasteiger partial charge on any atom is 0.243 e. The van der Waals surface area contributed by atoms with Crippen LogP contribution in [0, 0.1) is 0 Å². The van der Waals surface area contributed by atoms with Crippen molar-refractivity contribution in [3.63, 3.8) is 0 Å². The van der Waals surface area contributed by atoms with E-state index in [0.717, 1.165) is 25.9 Å². The fraction of sp³-hybridized carbons (Fsp3) is 0.632. The summed E-state index contributed by atoms with van der Waals surface area (Å²) in [4.78, 5) is 17.0. The van der Waals surface area contributed by atoms with Crippen molar-refractivity contribution in [1.82, 2.24) is 14.1 Å². The molecule has 7 heteroatoms. The zero-order valence-corrected chi connectivity index (χ0v) is 16.2. The normalized spacial score (nSPS) is 21.2. The Bertz CT molecular complexity index is 677. The molecule has 0 radical (unpaired) electrons. The SMILES string of the molecule is O=C(CN1CCCCCCC1)N1CCN(S(=O)(=O)c2ccccc2)CC1. The van der Waals surface area contributed by atoms with Crippen molar-refractivity contribution in [3.05, 3.63) is 30.3 Å². The summed E-state index contributed by atoms with van der Waals surface area (Å²) < 4.78 is 26.8. The third-order valence-corrected chi connectivity index (χ3v) is 7.19. The zero-order valence-electron chi connectivity index (χ0n) is 15.3. The fourth-order valence-electron chi connectivity index (χ4n) is 3.68. The Hall–Kier alpha value is -1.44. The van der Waals surface area contributed by atoms with Gasteiger partial charge in [-0.1, -0.05) is 37.5 Å². The molecule has 144 valence electrons. The summed E-state index contributed by atoms with van der Waals surface area (Å²) in [5.74, 6) is 0.127. The molecule has 0 bridgehead atoms. The maximum atomic E-state index is 12.7. The van der Waals surface area contributed by atoms with Crippen LogP contribution in [0.15, 0.2) is 35.2 Å². The Morgan fingerprint density at radius 2 is 1.38 bits per heavy atom. The van der Waals surface area contributed by atoms with Crippen LogP contribution in [0.1, 0.15) is 32.1 Å². The molecule has 2 aliphatic rings.